The zero-order valence-corrected chi connectivity index (χ0v) is 17.2. The summed E-state index contributed by atoms with van der Waals surface area (Å²) in [6.45, 7) is 0.356. The first-order chi connectivity index (χ1) is 14.8. The highest BCUT2D eigenvalue weighted by atomic mass is 32.2. The number of aromatic nitrogens is 2. The van der Waals surface area contributed by atoms with E-state index in [9.17, 15) is 22.4 Å². The third-order valence-corrected chi connectivity index (χ3v) is 6.87. The number of carbonyl (C=O) groups excluding carboxylic acids is 1. The second-order valence-corrected chi connectivity index (χ2v) is 8.87. The number of rotatable bonds is 5. The molecule has 0 radical (unpaired) electrons. The van der Waals surface area contributed by atoms with Crippen molar-refractivity contribution in [1.29, 1.82) is 0 Å². The Bertz CT molecular complexity index is 1230. The Balaban J connectivity index is 1.40. The van der Waals surface area contributed by atoms with Crippen LogP contribution in [0.25, 0.3) is 11.5 Å². The lowest BCUT2D eigenvalue weighted by atomic mass is 10.2. The van der Waals surface area contributed by atoms with E-state index < -0.39 is 21.6 Å². The van der Waals surface area contributed by atoms with Crippen LogP contribution in [-0.2, 0) is 21.4 Å². The Kier molecular flexibility index (Phi) is 5.70. The summed E-state index contributed by atoms with van der Waals surface area (Å²) in [5.41, 5.74) is 0.407. The Morgan fingerprint density at radius 2 is 1.65 bits per heavy atom. The molecule has 11 heteroatoms. The normalized spacial score (nSPS) is 15.2. The number of hydrogen-bond acceptors (Lipinski definition) is 6. The van der Waals surface area contributed by atoms with Gasteiger partial charge in [-0.3, -0.25) is 4.79 Å². The molecular weight excluding hydrogens is 427 g/mol. The van der Waals surface area contributed by atoms with Crippen molar-refractivity contribution in [1.82, 2.24) is 19.0 Å². The first-order valence-corrected chi connectivity index (χ1v) is 11.0. The van der Waals surface area contributed by atoms with Gasteiger partial charge in [-0.1, -0.05) is 18.2 Å². The highest BCUT2D eigenvalue weighted by Crippen LogP contribution is 2.18. The number of benzene rings is 2. The van der Waals surface area contributed by atoms with Gasteiger partial charge in [0.1, 0.15) is 12.4 Å². The first-order valence-electron chi connectivity index (χ1n) is 9.51. The van der Waals surface area contributed by atoms with Crippen LogP contribution in [0.15, 0.2) is 68.7 Å². The summed E-state index contributed by atoms with van der Waals surface area (Å²) >= 11 is 0. The number of nitrogens with zero attached hydrogens (tertiary/aromatic N) is 4. The molecule has 1 aliphatic heterocycles. The van der Waals surface area contributed by atoms with E-state index in [4.69, 9.17) is 4.42 Å². The molecule has 0 atom stereocenters. The van der Waals surface area contributed by atoms with Crippen LogP contribution in [-0.4, -0.2) is 59.5 Å². The van der Waals surface area contributed by atoms with Gasteiger partial charge in [-0.05, 0) is 36.4 Å². The zero-order chi connectivity index (χ0) is 22.0. The van der Waals surface area contributed by atoms with Gasteiger partial charge in [0.2, 0.25) is 21.8 Å². The molecule has 3 aromatic rings. The minimum absolute atomic E-state index is 0.0171. The Morgan fingerprint density at radius 3 is 2.29 bits per heavy atom. The van der Waals surface area contributed by atoms with Gasteiger partial charge in [-0.25, -0.2) is 17.6 Å². The van der Waals surface area contributed by atoms with Gasteiger partial charge < -0.3 is 9.32 Å². The number of hydrogen-bond donors (Lipinski definition) is 0. The van der Waals surface area contributed by atoms with Crippen molar-refractivity contribution in [3.63, 3.8) is 0 Å². The number of sulfonamides is 1. The molecule has 1 fully saturated rings. The first kappa shape index (κ1) is 20.9. The maximum absolute atomic E-state index is 13.1. The van der Waals surface area contributed by atoms with Crippen LogP contribution in [0.5, 0.6) is 0 Å². The van der Waals surface area contributed by atoms with Crippen LogP contribution in [0.4, 0.5) is 4.39 Å². The number of carbonyl (C=O) groups is 1. The van der Waals surface area contributed by atoms with E-state index in [0.717, 1.165) is 4.68 Å². The van der Waals surface area contributed by atoms with Gasteiger partial charge in [-0.15, -0.1) is 5.10 Å². The summed E-state index contributed by atoms with van der Waals surface area (Å²) in [6.07, 6.45) is 0. The van der Waals surface area contributed by atoms with Gasteiger partial charge in [0.25, 0.3) is 0 Å². The minimum atomic E-state index is -3.62. The molecule has 0 saturated carbocycles. The van der Waals surface area contributed by atoms with Crippen molar-refractivity contribution < 1.29 is 22.0 Å². The highest BCUT2D eigenvalue weighted by Gasteiger charge is 2.30. The van der Waals surface area contributed by atoms with Crippen molar-refractivity contribution in [2.24, 2.45) is 0 Å². The van der Waals surface area contributed by atoms with E-state index in [1.807, 2.05) is 0 Å². The smallest absolute Gasteiger partial charge is 0.388 e. The van der Waals surface area contributed by atoms with E-state index in [0.29, 0.717) is 5.56 Å². The fourth-order valence-corrected chi connectivity index (χ4v) is 4.71. The maximum atomic E-state index is 13.1. The molecule has 4 rings (SSSR count). The summed E-state index contributed by atoms with van der Waals surface area (Å²) in [7, 11) is -3.62. The number of halogens is 1. The summed E-state index contributed by atoms with van der Waals surface area (Å²) in [4.78, 5) is 26.3. The molecule has 2 heterocycles. The average molecular weight is 446 g/mol. The third kappa shape index (κ3) is 4.42. The third-order valence-electron chi connectivity index (χ3n) is 4.95. The molecule has 2 aromatic carbocycles. The molecule has 0 unspecified atom stereocenters. The molecule has 0 spiro atoms. The second kappa shape index (κ2) is 8.44. The van der Waals surface area contributed by atoms with E-state index in [-0.39, 0.29) is 49.4 Å². The van der Waals surface area contributed by atoms with Gasteiger partial charge in [0.15, 0.2) is 0 Å². The molecular formula is C20H19FN4O5S. The van der Waals surface area contributed by atoms with Gasteiger partial charge >= 0.3 is 5.76 Å². The Morgan fingerprint density at radius 1 is 1.00 bits per heavy atom. The molecule has 1 saturated heterocycles. The fraction of sp³-hybridized carbons (Fsp3) is 0.250. The molecule has 1 aromatic heterocycles. The monoisotopic (exact) mass is 446 g/mol. The molecule has 31 heavy (non-hydrogen) atoms. The van der Waals surface area contributed by atoms with Crippen LogP contribution in [0.2, 0.25) is 0 Å². The standard InChI is InChI=1S/C20H19FN4O5S/c21-16-8-6-15(7-9-16)19-22-25(20(27)30-19)14-18(26)23-10-12-24(13-11-23)31(28,29)17-4-2-1-3-5-17/h1-9H,10-14H2. The lowest BCUT2D eigenvalue weighted by Crippen LogP contribution is -2.51. The Hall–Kier alpha value is -3.31. The van der Waals surface area contributed by atoms with Crippen LogP contribution in [0, 0.1) is 5.82 Å². The van der Waals surface area contributed by atoms with Crippen LogP contribution < -0.4 is 5.76 Å². The molecule has 1 amide bonds. The predicted octanol–water partition coefficient (Wildman–Crippen LogP) is 1.18. The Labute approximate surface area is 177 Å². The lowest BCUT2D eigenvalue weighted by molar-refractivity contribution is -0.133. The van der Waals surface area contributed by atoms with E-state index in [2.05, 4.69) is 5.10 Å². The summed E-state index contributed by atoms with van der Waals surface area (Å²) in [5, 5.41) is 4.00. The lowest BCUT2D eigenvalue weighted by Gasteiger charge is -2.33. The molecule has 162 valence electrons. The molecule has 0 bridgehead atoms. The van der Waals surface area contributed by atoms with Crippen LogP contribution >= 0.6 is 0 Å². The molecule has 0 N–H and O–H groups in total. The van der Waals surface area contributed by atoms with Crippen LogP contribution in [0.3, 0.4) is 0 Å². The van der Waals surface area contributed by atoms with Crippen molar-refractivity contribution in [2.75, 3.05) is 26.2 Å². The average Bonchev–Trinajstić information content (AvgIpc) is 3.15. The van der Waals surface area contributed by atoms with Gasteiger partial charge in [0, 0.05) is 31.7 Å². The highest BCUT2D eigenvalue weighted by molar-refractivity contribution is 7.89. The van der Waals surface area contributed by atoms with E-state index >= 15 is 0 Å². The summed E-state index contributed by atoms with van der Waals surface area (Å²) in [5.74, 6) is -1.64. The second-order valence-electron chi connectivity index (χ2n) is 6.94. The topological polar surface area (TPSA) is 106 Å². The van der Waals surface area contributed by atoms with Crippen LogP contribution in [0.1, 0.15) is 0 Å². The van der Waals surface area contributed by atoms with E-state index in [1.54, 1.807) is 18.2 Å². The van der Waals surface area contributed by atoms with Crippen molar-refractivity contribution in [3.05, 3.63) is 71.0 Å². The zero-order valence-electron chi connectivity index (χ0n) is 16.3. The largest absolute Gasteiger partial charge is 0.437 e. The van der Waals surface area contributed by atoms with Gasteiger partial charge in [0.05, 0.1) is 4.90 Å². The maximum Gasteiger partial charge on any atom is 0.437 e. The van der Waals surface area contributed by atoms with E-state index in [1.165, 1.54) is 45.6 Å². The molecule has 9 nitrogen and oxygen atoms in total. The van der Waals surface area contributed by atoms with Crippen molar-refractivity contribution in [3.8, 4) is 11.5 Å². The van der Waals surface area contributed by atoms with Crippen molar-refractivity contribution in [2.45, 2.75) is 11.4 Å². The van der Waals surface area contributed by atoms with Crippen molar-refractivity contribution >= 4 is 15.9 Å². The minimum Gasteiger partial charge on any atom is -0.388 e. The molecule has 0 aliphatic carbocycles. The number of piperazine rings is 1. The summed E-state index contributed by atoms with van der Waals surface area (Å²) < 4.78 is 45.7. The molecule has 1 aliphatic rings. The predicted molar refractivity (Wildman–Crippen MR) is 108 cm³/mol. The quantitative estimate of drug-likeness (QED) is 0.583. The van der Waals surface area contributed by atoms with Gasteiger partial charge in [-0.2, -0.15) is 8.99 Å². The number of amides is 1. The summed E-state index contributed by atoms with van der Waals surface area (Å²) in [6, 6.07) is 13.4. The fourth-order valence-electron chi connectivity index (χ4n) is 3.26. The SMILES string of the molecule is O=C(Cn1nc(-c2ccc(F)cc2)oc1=O)N1CCN(S(=O)(=O)c2ccccc2)CC1.